The van der Waals surface area contributed by atoms with E-state index in [2.05, 4.69) is 5.32 Å². The number of nitrogens with one attached hydrogen (secondary N) is 1. The molecule has 132 valence electrons. The maximum atomic E-state index is 12.6. The van der Waals surface area contributed by atoms with E-state index in [-0.39, 0.29) is 5.60 Å². The lowest BCUT2D eigenvalue weighted by molar-refractivity contribution is -0.137. The molecule has 0 atom stereocenters. The molecule has 0 aromatic heterocycles. The molecule has 2 aromatic rings. The summed E-state index contributed by atoms with van der Waals surface area (Å²) in [5.41, 5.74) is 2.78. The topological polar surface area (TPSA) is 21.3 Å². The summed E-state index contributed by atoms with van der Waals surface area (Å²) in [6.45, 7) is 6.43. The van der Waals surface area contributed by atoms with E-state index in [1.165, 1.54) is 12.1 Å². The van der Waals surface area contributed by atoms with Crippen molar-refractivity contribution in [3.05, 3.63) is 64.7 Å². The number of benzene rings is 2. The fourth-order valence-electron chi connectivity index (χ4n) is 2.72. The Morgan fingerprint density at radius 2 is 1.76 bits per heavy atom. The maximum Gasteiger partial charge on any atom is 0.416 e. The molecule has 0 aliphatic carbocycles. The minimum absolute atomic E-state index is 0.325. The lowest BCUT2D eigenvalue weighted by Crippen LogP contribution is -2.27. The van der Waals surface area contributed by atoms with Crippen molar-refractivity contribution in [2.24, 2.45) is 0 Å². The van der Waals surface area contributed by atoms with Gasteiger partial charge in [0.25, 0.3) is 0 Å². The highest BCUT2D eigenvalue weighted by molar-refractivity contribution is 5.68. The average Bonchev–Trinajstić information content (AvgIpc) is 2.52. The molecule has 1 N–H and O–H groups in total. The summed E-state index contributed by atoms with van der Waals surface area (Å²) in [6, 6.07) is 9.19. The van der Waals surface area contributed by atoms with Crippen LogP contribution in [0.5, 0.6) is 5.75 Å². The Labute approximate surface area is 145 Å². The van der Waals surface area contributed by atoms with Crippen molar-refractivity contribution >= 4 is 11.8 Å². The first kappa shape index (κ1) is 17.4. The molecule has 2 nitrogen and oxygen atoms in total. The minimum Gasteiger partial charge on any atom is -0.483 e. The van der Waals surface area contributed by atoms with E-state index in [9.17, 15) is 13.2 Å². The predicted molar refractivity (Wildman–Crippen MR) is 93.7 cm³/mol. The van der Waals surface area contributed by atoms with Crippen molar-refractivity contribution in [1.82, 2.24) is 0 Å². The molecule has 0 saturated heterocycles. The molecule has 0 unspecified atom stereocenters. The zero-order valence-electron chi connectivity index (χ0n) is 14.4. The Balaban J connectivity index is 1.74. The van der Waals surface area contributed by atoms with Crippen LogP contribution in [0, 0.1) is 6.92 Å². The first-order chi connectivity index (χ1) is 11.6. The van der Waals surface area contributed by atoms with E-state index < -0.39 is 11.7 Å². The summed E-state index contributed by atoms with van der Waals surface area (Å²) in [5.74, 6) is 0.838. The van der Waals surface area contributed by atoms with Gasteiger partial charge in [0, 0.05) is 17.8 Å². The van der Waals surface area contributed by atoms with E-state index >= 15 is 0 Å². The molecule has 1 aliphatic rings. The van der Waals surface area contributed by atoms with Crippen LogP contribution in [0.2, 0.25) is 0 Å². The molecule has 0 saturated carbocycles. The van der Waals surface area contributed by atoms with Gasteiger partial charge in [-0.1, -0.05) is 18.2 Å². The van der Waals surface area contributed by atoms with Crippen LogP contribution in [-0.4, -0.2) is 5.60 Å². The first-order valence-corrected chi connectivity index (χ1v) is 8.07. The molecule has 0 amide bonds. The summed E-state index contributed by atoms with van der Waals surface area (Å²) >= 11 is 0. The highest BCUT2D eigenvalue weighted by Gasteiger charge is 2.29. The zero-order chi connectivity index (χ0) is 18.2. The standard InChI is InChI=1S/C20H20F3NO/c1-13-10-18-15(8-9-19(2,3)25-18)11-17(13)24-12-14-4-6-16(7-5-14)20(21,22)23/h4-11,24H,12H2,1-3H3. The van der Waals surface area contributed by atoms with Gasteiger partial charge in [0.15, 0.2) is 0 Å². The third-order valence-corrected chi connectivity index (χ3v) is 4.16. The van der Waals surface area contributed by atoms with E-state index in [0.29, 0.717) is 6.54 Å². The molecule has 0 fully saturated rings. The highest BCUT2D eigenvalue weighted by Crippen LogP contribution is 2.35. The second-order valence-electron chi connectivity index (χ2n) is 6.79. The van der Waals surface area contributed by atoms with Crippen molar-refractivity contribution in [1.29, 1.82) is 0 Å². The number of alkyl halides is 3. The van der Waals surface area contributed by atoms with Crippen molar-refractivity contribution in [3.8, 4) is 5.75 Å². The van der Waals surface area contributed by atoms with E-state index in [1.54, 1.807) is 0 Å². The molecule has 0 spiro atoms. The molecule has 1 heterocycles. The molecular formula is C20H20F3NO. The molecular weight excluding hydrogens is 327 g/mol. The summed E-state index contributed by atoms with van der Waals surface area (Å²) in [7, 11) is 0. The van der Waals surface area contributed by atoms with Crippen LogP contribution in [0.3, 0.4) is 0 Å². The lowest BCUT2D eigenvalue weighted by Gasteiger charge is -2.28. The Hall–Kier alpha value is -2.43. The molecule has 25 heavy (non-hydrogen) atoms. The van der Waals surface area contributed by atoms with Gasteiger partial charge in [0.1, 0.15) is 11.4 Å². The van der Waals surface area contributed by atoms with Gasteiger partial charge in [-0.05, 0) is 62.2 Å². The third kappa shape index (κ3) is 3.98. The number of rotatable bonds is 3. The number of hydrogen-bond donors (Lipinski definition) is 1. The number of anilines is 1. The number of hydrogen-bond acceptors (Lipinski definition) is 2. The van der Waals surface area contributed by atoms with Gasteiger partial charge in [-0.3, -0.25) is 0 Å². The van der Waals surface area contributed by atoms with Crippen LogP contribution in [0.25, 0.3) is 6.08 Å². The van der Waals surface area contributed by atoms with Gasteiger partial charge in [-0.25, -0.2) is 0 Å². The van der Waals surface area contributed by atoms with Crippen LogP contribution < -0.4 is 10.1 Å². The normalized spacial score (nSPS) is 15.4. The fourth-order valence-corrected chi connectivity index (χ4v) is 2.72. The maximum absolute atomic E-state index is 12.6. The molecule has 3 rings (SSSR count). The number of halogens is 3. The van der Waals surface area contributed by atoms with Crippen LogP contribution in [0.1, 0.15) is 36.1 Å². The second kappa shape index (κ2) is 6.14. The third-order valence-electron chi connectivity index (χ3n) is 4.16. The Morgan fingerprint density at radius 3 is 2.40 bits per heavy atom. The molecule has 2 aromatic carbocycles. The summed E-state index contributed by atoms with van der Waals surface area (Å²) < 4.78 is 43.8. The molecule has 1 aliphatic heterocycles. The summed E-state index contributed by atoms with van der Waals surface area (Å²) in [5, 5.41) is 3.29. The highest BCUT2D eigenvalue weighted by atomic mass is 19.4. The quantitative estimate of drug-likeness (QED) is 0.756. The number of aryl methyl sites for hydroxylation is 1. The number of fused-ring (bicyclic) bond motifs is 1. The van der Waals surface area contributed by atoms with Gasteiger partial charge in [-0.2, -0.15) is 13.2 Å². The van der Waals surface area contributed by atoms with E-state index in [0.717, 1.165) is 40.3 Å². The molecule has 0 bridgehead atoms. The average molecular weight is 347 g/mol. The van der Waals surface area contributed by atoms with Crippen molar-refractivity contribution < 1.29 is 17.9 Å². The second-order valence-corrected chi connectivity index (χ2v) is 6.79. The minimum atomic E-state index is -4.30. The number of ether oxygens (including phenoxy) is 1. The van der Waals surface area contributed by atoms with Crippen LogP contribution in [-0.2, 0) is 12.7 Å². The van der Waals surface area contributed by atoms with Gasteiger partial charge in [0.2, 0.25) is 0 Å². The van der Waals surface area contributed by atoms with Gasteiger partial charge in [-0.15, -0.1) is 0 Å². The van der Waals surface area contributed by atoms with E-state index in [4.69, 9.17) is 4.74 Å². The Morgan fingerprint density at radius 1 is 1.08 bits per heavy atom. The van der Waals surface area contributed by atoms with Crippen LogP contribution >= 0.6 is 0 Å². The van der Waals surface area contributed by atoms with Gasteiger partial charge < -0.3 is 10.1 Å². The van der Waals surface area contributed by atoms with Crippen molar-refractivity contribution in [2.45, 2.75) is 39.1 Å². The van der Waals surface area contributed by atoms with Crippen LogP contribution in [0.4, 0.5) is 18.9 Å². The van der Waals surface area contributed by atoms with Crippen molar-refractivity contribution in [2.75, 3.05) is 5.32 Å². The van der Waals surface area contributed by atoms with E-state index in [1.807, 2.05) is 45.1 Å². The van der Waals surface area contributed by atoms with Crippen LogP contribution in [0.15, 0.2) is 42.5 Å². The SMILES string of the molecule is Cc1cc2c(cc1NCc1ccc(C(F)(F)F)cc1)C=CC(C)(C)O2. The lowest BCUT2D eigenvalue weighted by atomic mass is 10.00. The summed E-state index contributed by atoms with van der Waals surface area (Å²) in [6.07, 6.45) is -0.271. The molecule has 0 radical (unpaired) electrons. The molecule has 5 heteroatoms. The van der Waals surface area contributed by atoms with Gasteiger partial charge in [0.05, 0.1) is 5.56 Å². The predicted octanol–water partition coefficient (Wildman–Crippen LogP) is 5.81. The van der Waals surface area contributed by atoms with Gasteiger partial charge >= 0.3 is 6.18 Å². The summed E-state index contributed by atoms with van der Waals surface area (Å²) in [4.78, 5) is 0. The van der Waals surface area contributed by atoms with Crippen molar-refractivity contribution in [3.63, 3.8) is 0 Å². The zero-order valence-corrected chi connectivity index (χ0v) is 14.4. The largest absolute Gasteiger partial charge is 0.483 e. The first-order valence-electron chi connectivity index (χ1n) is 8.07. The fraction of sp³-hybridized carbons (Fsp3) is 0.300. The monoisotopic (exact) mass is 347 g/mol. The smallest absolute Gasteiger partial charge is 0.416 e. The Kier molecular flexibility index (Phi) is 4.27. The Bertz CT molecular complexity index is 805.